The zero-order chi connectivity index (χ0) is 26.1. The minimum Gasteiger partial charge on any atom is -0.507 e. The van der Waals surface area contributed by atoms with Gasteiger partial charge in [-0.15, -0.1) is 0 Å². The molecule has 5 rings (SSSR count). The van der Waals surface area contributed by atoms with Crippen LogP contribution >= 0.6 is 0 Å². The Labute approximate surface area is 205 Å². The lowest BCUT2D eigenvalue weighted by atomic mass is 9.70. The van der Waals surface area contributed by atoms with Crippen LogP contribution in [0.4, 0.5) is 11.4 Å². The molecule has 0 fully saturated rings. The molecule has 0 spiro atoms. The molecule has 0 unspecified atom stereocenters. The van der Waals surface area contributed by atoms with Crippen LogP contribution < -0.4 is 20.1 Å². The fraction of sp³-hybridized carbons (Fsp3) is 0.231. The number of Topliss-reactive ketones (excluding diaryl/α,β-unsaturated/α-hetero) is 2. The summed E-state index contributed by atoms with van der Waals surface area (Å²) in [6.45, 7) is 5.59. The van der Waals surface area contributed by atoms with Crippen molar-refractivity contribution in [3.63, 3.8) is 0 Å². The Kier molecular flexibility index (Phi) is 4.96. The maximum Gasteiger partial charge on any atom is 0.262 e. The van der Waals surface area contributed by atoms with Gasteiger partial charge in [0.1, 0.15) is 39.7 Å². The predicted molar refractivity (Wildman–Crippen MR) is 127 cm³/mol. The zero-order valence-corrected chi connectivity index (χ0v) is 19.9. The summed E-state index contributed by atoms with van der Waals surface area (Å²) in [5.41, 5.74) is -0.610. The number of ether oxygens (including phenoxy) is 2. The molecule has 1 amide bonds. The molecule has 0 bridgehead atoms. The van der Waals surface area contributed by atoms with Gasteiger partial charge in [-0.25, -0.2) is 0 Å². The van der Waals surface area contributed by atoms with Gasteiger partial charge in [-0.1, -0.05) is 0 Å². The summed E-state index contributed by atoms with van der Waals surface area (Å²) in [5, 5.41) is 27.1. The number of benzene rings is 2. The molecule has 2 aliphatic heterocycles. The third kappa shape index (κ3) is 3.10. The van der Waals surface area contributed by atoms with Gasteiger partial charge < -0.3 is 30.3 Å². The second kappa shape index (κ2) is 7.70. The molecule has 1 aliphatic carbocycles. The number of carbonyl (C=O) groups excluding carboxylic acids is 4. The van der Waals surface area contributed by atoms with Crippen LogP contribution in [-0.4, -0.2) is 40.1 Å². The highest BCUT2D eigenvalue weighted by molar-refractivity contribution is 6.31. The number of anilines is 2. The van der Waals surface area contributed by atoms with Crippen LogP contribution in [0, 0.1) is 6.92 Å². The Bertz CT molecular complexity index is 1500. The van der Waals surface area contributed by atoms with E-state index >= 15 is 0 Å². The van der Waals surface area contributed by atoms with Gasteiger partial charge >= 0.3 is 0 Å². The number of nitrogens with one attached hydrogen (secondary N) is 2. The molecule has 0 saturated carbocycles. The van der Waals surface area contributed by atoms with E-state index in [0.29, 0.717) is 17.1 Å². The van der Waals surface area contributed by atoms with Crippen molar-refractivity contribution >= 4 is 34.6 Å². The number of hydrogen-bond acceptors (Lipinski definition) is 9. The molecule has 184 valence electrons. The van der Waals surface area contributed by atoms with E-state index in [-0.39, 0.29) is 57.7 Å². The molecule has 36 heavy (non-hydrogen) atoms. The lowest BCUT2D eigenvalue weighted by Gasteiger charge is -2.29. The van der Waals surface area contributed by atoms with Crippen molar-refractivity contribution in [2.75, 3.05) is 17.2 Å². The Balaban J connectivity index is 1.60. The summed E-state index contributed by atoms with van der Waals surface area (Å²) in [5.74, 6) is -2.62. The van der Waals surface area contributed by atoms with Crippen LogP contribution in [0.1, 0.15) is 42.3 Å². The minimum atomic E-state index is -1.60. The standard InChI is InChI=1S/C26H22N2O8/c1-10-22(32)20(12(3)29)24-21(23(10)33)26(4)17(36-24)8-15(30)19(25(26)34)11(2)27-13-5-6-14-16(7-13)35-9-18(31)28-14/h5-8,27,32-33H,9H2,1-4H3,(H,28,31)/b19-11+/t26-/m0/s1. The molecule has 0 aromatic heterocycles. The van der Waals surface area contributed by atoms with Crippen molar-refractivity contribution in [1.82, 2.24) is 0 Å². The van der Waals surface area contributed by atoms with Crippen LogP contribution in [0.5, 0.6) is 23.0 Å². The van der Waals surface area contributed by atoms with Gasteiger partial charge in [0.25, 0.3) is 5.91 Å². The fourth-order valence-corrected chi connectivity index (χ4v) is 4.79. The quantitative estimate of drug-likeness (QED) is 0.289. The molecule has 3 aliphatic rings. The number of aromatic hydroxyl groups is 2. The van der Waals surface area contributed by atoms with Gasteiger partial charge in [0, 0.05) is 29.1 Å². The number of allylic oxidation sites excluding steroid dienone is 4. The van der Waals surface area contributed by atoms with Gasteiger partial charge in [0.15, 0.2) is 24.0 Å². The molecule has 10 nitrogen and oxygen atoms in total. The Hall–Kier alpha value is -4.60. The molecule has 10 heteroatoms. The van der Waals surface area contributed by atoms with E-state index < -0.39 is 28.5 Å². The maximum atomic E-state index is 13.9. The van der Waals surface area contributed by atoms with E-state index in [9.17, 15) is 29.4 Å². The SMILES string of the molecule is CC(=O)c1c(O)c(C)c(O)c2c1OC1=CC(=O)/C(=C(/C)Nc3ccc4c(c3)OCC(=O)N4)C(=O)[C@@]12C. The van der Waals surface area contributed by atoms with Crippen LogP contribution in [0.15, 0.2) is 41.3 Å². The summed E-state index contributed by atoms with van der Waals surface area (Å²) in [6.07, 6.45) is 1.16. The molecule has 0 saturated heterocycles. The Morgan fingerprint density at radius 2 is 1.86 bits per heavy atom. The van der Waals surface area contributed by atoms with Crippen molar-refractivity contribution in [3.05, 3.63) is 58.0 Å². The number of fused-ring (bicyclic) bond motifs is 4. The minimum absolute atomic E-state index is 0.0231. The summed E-state index contributed by atoms with van der Waals surface area (Å²) in [4.78, 5) is 50.7. The van der Waals surface area contributed by atoms with Gasteiger partial charge in [-0.3, -0.25) is 19.2 Å². The highest BCUT2D eigenvalue weighted by atomic mass is 16.5. The normalized spacial score (nSPS) is 21.3. The van der Waals surface area contributed by atoms with E-state index in [4.69, 9.17) is 9.47 Å². The third-order valence-corrected chi connectivity index (χ3v) is 6.71. The van der Waals surface area contributed by atoms with Crippen molar-refractivity contribution < 1.29 is 38.9 Å². The van der Waals surface area contributed by atoms with Crippen molar-refractivity contribution in [3.8, 4) is 23.0 Å². The van der Waals surface area contributed by atoms with Gasteiger partial charge in [0.05, 0.1) is 16.8 Å². The molecule has 4 N–H and O–H groups in total. The van der Waals surface area contributed by atoms with Gasteiger partial charge in [0.2, 0.25) is 0 Å². The number of phenols is 2. The Morgan fingerprint density at radius 3 is 2.56 bits per heavy atom. The summed E-state index contributed by atoms with van der Waals surface area (Å²) in [6, 6.07) is 4.92. The average molecular weight is 490 g/mol. The van der Waals surface area contributed by atoms with Crippen LogP contribution in [0.25, 0.3) is 0 Å². The molecule has 2 heterocycles. The van der Waals surface area contributed by atoms with Crippen molar-refractivity contribution in [1.29, 1.82) is 0 Å². The Morgan fingerprint density at radius 1 is 1.14 bits per heavy atom. The lowest BCUT2D eigenvalue weighted by molar-refractivity contribution is -0.123. The highest BCUT2D eigenvalue weighted by Gasteiger charge is 2.56. The number of phenolic OH excluding ortho intramolecular Hbond substituents is 2. The average Bonchev–Trinajstić information content (AvgIpc) is 3.10. The largest absolute Gasteiger partial charge is 0.507 e. The molecule has 1 atom stereocenters. The highest BCUT2D eigenvalue weighted by Crippen LogP contribution is 2.57. The molecular formula is C26H22N2O8. The first-order valence-corrected chi connectivity index (χ1v) is 11.1. The van der Waals surface area contributed by atoms with Crippen LogP contribution in [-0.2, 0) is 19.8 Å². The topological polar surface area (TPSA) is 151 Å². The predicted octanol–water partition coefficient (Wildman–Crippen LogP) is 3.01. The third-order valence-electron chi connectivity index (χ3n) is 6.71. The van der Waals surface area contributed by atoms with E-state index in [1.165, 1.54) is 20.8 Å². The fourth-order valence-electron chi connectivity index (χ4n) is 4.79. The van der Waals surface area contributed by atoms with Crippen LogP contribution in [0.3, 0.4) is 0 Å². The number of ketones is 3. The number of hydrogen-bond donors (Lipinski definition) is 4. The first-order valence-electron chi connectivity index (χ1n) is 11.1. The number of amides is 1. The number of rotatable bonds is 3. The molecule has 0 radical (unpaired) electrons. The number of carbonyl (C=O) groups is 4. The van der Waals surface area contributed by atoms with Crippen molar-refractivity contribution in [2.24, 2.45) is 0 Å². The smallest absolute Gasteiger partial charge is 0.262 e. The van der Waals surface area contributed by atoms with E-state index in [1.54, 1.807) is 25.1 Å². The summed E-state index contributed by atoms with van der Waals surface area (Å²) < 4.78 is 11.2. The van der Waals surface area contributed by atoms with Crippen molar-refractivity contribution in [2.45, 2.75) is 33.1 Å². The maximum absolute atomic E-state index is 13.9. The monoisotopic (exact) mass is 490 g/mol. The first kappa shape index (κ1) is 23.2. The van der Waals surface area contributed by atoms with Gasteiger partial charge in [-0.05, 0) is 39.8 Å². The summed E-state index contributed by atoms with van der Waals surface area (Å²) in [7, 11) is 0. The summed E-state index contributed by atoms with van der Waals surface area (Å²) >= 11 is 0. The lowest BCUT2D eigenvalue weighted by Crippen LogP contribution is -2.40. The second-order valence-corrected chi connectivity index (χ2v) is 9.06. The molecule has 2 aromatic carbocycles. The zero-order valence-electron chi connectivity index (χ0n) is 19.9. The van der Waals surface area contributed by atoms with E-state index in [0.717, 1.165) is 6.08 Å². The van der Waals surface area contributed by atoms with E-state index in [2.05, 4.69) is 10.6 Å². The molecule has 2 aromatic rings. The van der Waals surface area contributed by atoms with Gasteiger partial charge in [-0.2, -0.15) is 0 Å². The van der Waals surface area contributed by atoms with Crippen LogP contribution in [0.2, 0.25) is 0 Å². The first-order chi connectivity index (χ1) is 16.9. The molecular weight excluding hydrogens is 468 g/mol. The van der Waals surface area contributed by atoms with E-state index in [1.807, 2.05) is 0 Å². The second-order valence-electron chi connectivity index (χ2n) is 9.06.